The molecule has 1 aliphatic carbocycles. The van der Waals surface area contributed by atoms with Crippen molar-refractivity contribution >= 4 is 23.1 Å². The molecule has 96 valence electrons. The van der Waals surface area contributed by atoms with Gasteiger partial charge in [-0.2, -0.15) is 0 Å². The van der Waals surface area contributed by atoms with Crippen molar-refractivity contribution in [1.82, 2.24) is 19.6 Å². The first-order valence-electron chi connectivity index (χ1n) is 6.32. The third-order valence-electron chi connectivity index (χ3n) is 3.76. The van der Waals surface area contributed by atoms with Crippen LogP contribution in [0.5, 0.6) is 0 Å². The molecule has 0 radical (unpaired) electrons. The summed E-state index contributed by atoms with van der Waals surface area (Å²) in [6.07, 6.45) is 9.06. The average molecular weight is 266 g/mol. The van der Waals surface area contributed by atoms with E-state index >= 15 is 0 Å². The lowest BCUT2D eigenvalue weighted by Crippen LogP contribution is -2.20. The van der Waals surface area contributed by atoms with E-state index in [4.69, 9.17) is 11.6 Å². The summed E-state index contributed by atoms with van der Waals surface area (Å²) in [5.41, 5.74) is 0.776. The predicted octanol–water partition coefficient (Wildman–Crippen LogP) is 2.19. The minimum absolute atomic E-state index is 0.636. The van der Waals surface area contributed by atoms with Crippen molar-refractivity contribution < 1.29 is 0 Å². The van der Waals surface area contributed by atoms with Crippen LogP contribution in [0.2, 0.25) is 0 Å². The number of alkyl halides is 1. The van der Waals surface area contributed by atoms with Gasteiger partial charge in [0.15, 0.2) is 5.82 Å². The first-order valence-corrected chi connectivity index (χ1v) is 6.86. The van der Waals surface area contributed by atoms with Crippen molar-refractivity contribution in [2.75, 3.05) is 17.7 Å². The molecule has 0 amide bonds. The third kappa shape index (κ3) is 2.14. The van der Waals surface area contributed by atoms with E-state index in [2.05, 4.69) is 20.5 Å². The fourth-order valence-corrected chi connectivity index (χ4v) is 3.10. The maximum absolute atomic E-state index is 5.99. The number of rotatable bonds is 4. The molecule has 2 heterocycles. The molecular formula is C12H16ClN5. The summed E-state index contributed by atoms with van der Waals surface area (Å²) in [7, 11) is 0. The number of aromatic nitrogens is 4. The van der Waals surface area contributed by atoms with Crippen LogP contribution >= 0.6 is 11.6 Å². The topological polar surface area (TPSA) is 55.1 Å². The summed E-state index contributed by atoms with van der Waals surface area (Å²) in [6, 6.07) is 0. The molecule has 1 fully saturated rings. The number of hydrogen-bond donors (Lipinski definition) is 1. The van der Waals surface area contributed by atoms with Gasteiger partial charge in [0.1, 0.15) is 6.33 Å². The minimum Gasteiger partial charge on any atom is -0.367 e. The summed E-state index contributed by atoms with van der Waals surface area (Å²) in [5, 5.41) is 11.3. The Balaban J connectivity index is 1.71. The molecule has 2 aromatic rings. The molecule has 6 heteroatoms. The molecule has 0 bridgehead atoms. The van der Waals surface area contributed by atoms with Crippen molar-refractivity contribution in [2.24, 2.45) is 11.8 Å². The fourth-order valence-electron chi connectivity index (χ4n) is 2.70. The Bertz CT molecular complexity index is 526. The Morgan fingerprint density at radius 1 is 1.39 bits per heavy atom. The molecule has 5 nitrogen and oxygen atoms in total. The highest BCUT2D eigenvalue weighted by atomic mass is 35.5. The second-order valence-electron chi connectivity index (χ2n) is 4.82. The highest BCUT2D eigenvalue weighted by Gasteiger charge is 2.26. The normalized spacial score (nSPS) is 23.6. The molecule has 1 saturated carbocycles. The SMILES string of the molecule is ClCC1CCCC1CNc1nccn2cnnc12. The van der Waals surface area contributed by atoms with Gasteiger partial charge in [-0.05, 0) is 24.7 Å². The van der Waals surface area contributed by atoms with Crippen molar-refractivity contribution in [3.63, 3.8) is 0 Å². The standard InChI is InChI=1S/C12H16ClN5/c13-6-9-2-1-3-10(9)7-15-11-12-17-16-8-18(12)5-4-14-11/h4-5,8-10H,1-3,6-7H2,(H,14,15). The Morgan fingerprint density at radius 2 is 2.28 bits per heavy atom. The van der Waals surface area contributed by atoms with Gasteiger partial charge in [0.25, 0.3) is 0 Å². The van der Waals surface area contributed by atoms with Gasteiger partial charge >= 0.3 is 0 Å². The zero-order chi connectivity index (χ0) is 12.4. The van der Waals surface area contributed by atoms with E-state index in [0.717, 1.165) is 23.9 Å². The highest BCUT2D eigenvalue weighted by molar-refractivity contribution is 6.18. The van der Waals surface area contributed by atoms with Crippen LogP contribution in [0.3, 0.4) is 0 Å². The Hall–Kier alpha value is -1.36. The van der Waals surface area contributed by atoms with Crippen LogP contribution in [0.4, 0.5) is 5.82 Å². The molecule has 2 aromatic heterocycles. The molecule has 0 aliphatic heterocycles. The minimum atomic E-state index is 0.636. The van der Waals surface area contributed by atoms with Crippen molar-refractivity contribution in [3.05, 3.63) is 18.7 Å². The fraction of sp³-hybridized carbons (Fsp3) is 0.583. The van der Waals surface area contributed by atoms with Gasteiger partial charge in [0, 0.05) is 24.8 Å². The molecule has 1 aliphatic rings. The van der Waals surface area contributed by atoms with Crippen molar-refractivity contribution in [1.29, 1.82) is 0 Å². The van der Waals surface area contributed by atoms with Gasteiger partial charge in [0.2, 0.25) is 5.65 Å². The maximum Gasteiger partial charge on any atom is 0.203 e. The van der Waals surface area contributed by atoms with E-state index in [1.165, 1.54) is 19.3 Å². The number of fused-ring (bicyclic) bond motifs is 1. The van der Waals surface area contributed by atoms with E-state index < -0.39 is 0 Å². The van der Waals surface area contributed by atoms with Gasteiger partial charge in [0.05, 0.1) is 0 Å². The Kier molecular flexibility index (Phi) is 3.32. The zero-order valence-electron chi connectivity index (χ0n) is 10.1. The summed E-state index contributed by atoms with van der Waals surface area (Å²) >= 11 is 5.99. The van der Waals surface area contributed by atoms with Crippen LogP contribution < -0.4 is 5.32 Å². The number of nitrogens with one attached hydrogen (secondary N) is 1. The molecule has 2 unspecified atom stereocenters. The monoisotopic (exact) mass is 265 g/mol. The molecular weight excluding hydrogens is 250 g/mol. The third-order valence-corrected chi connectivity index (χ3v) is 4.16. The second-order valence-corrected chi connectivity index (χ2v) is 5.13. The lowest BCUT2D eigenvalue weighted by Gasteiger charge is -2.17. The molecule has 1 N–H and O–H groups in total. The second kappa shape index (κ2) is 5.10. The zero-order valence-corrected chi connectivity index (χ0v) is 10.8. The molecule has 0 aromatic carbocycles. The number of nitrogens with zero attached hydrogens (tertiary/aromatic N) is 4. The maximum atomic E-state index is 5.99. The molecule has 0 saturated heterocycles. The summed E-state index contributed by atoms with van der Waals surface area (Å²) in [4.78, 5) is 4.32. The van der Waals surface area contributed by atoms with Gasteiger partial charge in [-0.25, -0.2) is 4.98 Å². The van der Waals surface area contributed by atoms with Crippen molar-refractivity contribution in [3.8, 4) is 0 Å². The average Bonchev–Trinajstić information content (AvgIpc) is 3.04. The first-order chi connectivity index (χ1) is 8.88. The Morgan fingerprint density at radius 3 is 3.17 bits per heavy atom. The van der Waals surface area contributed by atoms with Gasteiger partial charge in [-0.15, -0.1) is 21.8 Å². The van der Waals surface area contributed by atoms with Crippen LogP contribution in [0.1, 0.15) is 19.3 Å². The summed E-state index contributed by atoms with van der Waals surface area (Å²) in [6.45, 7) is 0.914. The lowest BCUT2D eigenvalue weighted by atomic mass is 9.98. The van der Waals surface area contributed by atoms with Crippen LogP contribution in [-0.2, 0) is 0 Å². The van der Waals surface area contributed by atoms with Gasteiger partial charge < -0.3 is 5.32 Å². The summed E-state index contributed by atoms with van der Waals surface area (Å²) in [5.74, 6) is 2.84. The number of anilines is 1. The van der Waals surface area contributed by atoms with E-state index in [9.17, 15) is 0 Å². The highest BCUT2D eigenvalue weighted by Crippen LogP contribution is 2.32. The number of hydrogen-bond acceptors (Lipinski definition) is 4. The summed E-state index contributed by atoms with van der Waals surface area (Å²) < 4.78 is 1.86. The molecule has 18 heavy (non-hydrogen) atoms. The number of halogens is 1. The van der Waals surface area contributed by atoms with Crippen LogP contribution in [0.15, 0.2) is 18.7 Å². The van der Waals surface area contributed by atoms with Crippen LogP contribution in [-0.4, -0.2) is 32.0 Å². The van der Waals surface area contributed by atoms with E-state index in [1.54, 1.807) is 12.5 Å². The van der Waals surface area contributed by atoms with Crippen LogP contribution in [0.25, 0.3) is 5.65 Å². The molecule has 2 atom stereocenters. The quantitative estimate of drug-likeness (QED) is 0.861. The largest absolute Gasteiger partial charge is 0.367 e. The van der Waals surface area contributed by atoms with Crippen molar-refractivity contribution in [2.45, 2.75) is 19.3 Å². The van der Waals surface area contributed by atoms with Gasteiger partial charge in [-0.3, -0.25) is 4.40 Å². The van der Waals surface area contributed by atoms with Gasteiger partial charge in [-0.1, -0.05) is 6.42 Å². The Labute approximate surface area is 111 Å². The molecule has 3 rings (SSSR count). The first kappa shape index (κ1) is 11.7. The molecule has 0 spiro atoms. The van der Waals surface area contributed by atoms with E-state index in [0.29, 0.717) is 11.8 Å². The predicted molar refractivity (Wildman–Crippen MR) is 70.8 cm³/mol. The van der Waals surface area contributed by atoms with E-state index in [-0.39, 0.29) is 0 Å². The van der Waals surface area contributed by atoms with Crippen LogP contribution in [0, 0.1) is 11.8 Å². The van der Waals surface area contributed by atoms with E-state index in [1.807, 2.05) is 10.6 Å². The lowest BCUT2D eigenvalue weighted by molar-refractivity contribution is 0.444. The smallest absolute Gasteiger partial charge is 0.203 e.